The zero-order valence-electron chi connectivity index (χ0n) is 13.8. The van der Waals surface area contributed by atoms with Crippen molar-refractivity contribution in [1.82, 2.24) is 4.90 Å². The van der Waals surface area contributed by atoms with Gasteiger partial charge >= 0.3 is 0 Å². The Labute approximate surface area is 172 Å². The molecule has 1 saturated heterocycles. The topological polar surface area (TPSA) is 35.6 Å². The van der Waals surface area contributed by atoms with Crippen molar-refractivity contribution < 1.29 is 4.79 Å². The first-order chi connectivity index (χ1) is 12.4. The van der Waals surface area contributed by atoms with Crippen LogP contribution in [0.1, 0.15) is 0 Å². The molecule has 0 aromatic heterocycles. The highest BCUT2D eigenvalue weighted by molar-refractivity contribution is 6.42. The molecule has 0 radical (unpaired) electrons. The van der Waals surface area contributed by atoms with Crippen LogP contribution in [0.25, 0.3) is 0 Å². The first-order valence-corrected chi connectivity index (χ1v) is 9.61. The maximum Gasteiger partial charge on any atom is 0.238 e. The highest BCUT2D eigenvalue weighted by Gasteiger charge is 2.20. The van der Waals surface area contributed by atoms with Crippen molar-refractivity contribution in [2.24, 2.45) is 0 Å². The molecule has 1 heterocycles. The first kappa shape index (κ1) is 19.6. The van der Waals surface area contributed by atoms with Gasteiger partial charge in [0.25, 0.3) is 0 Å². The minimum absolute atomic E-state index is 0.114. The summed E-state index contributed by atoms with van der Waals surface area (Å²) in [6, 6.07) is 10.6. The third-order valence-corrected chi connectivity index (χ3v) is 5.51. The highest BCUT2D eigenvalue weighted by atomic mass is 35.5. The maximum absolute atomic E-state index is 12.3. The van der Waals surface area contributed by atoms with Gasteiger partial charge in [-0.25, -0.2) is 0 Å². The normalized spacial score (nSPS) is 15.2. The zero-order chi connectivity index (χ0) is 18.7. The molecule has 0 aliphatic carbocycles. The van der Waals surface area contributed by atoms with E-state index in [4.69, 9.17) is 46.4 Å². The van der Waals surface area contributed by atoms with Crippen molar-refractivity contribution in [3.8, 4) is 0 Å². The summed E-state index contributed by atoms with van der Waals surface area (Å²) >= 11 is 24.1. The Morgan fingerprint density at radius 2 is 1.58 bits per heavy atom. The number of nitrogens with zero attached hydrogens (tertiary/aromatic N) is 2. The van der Waals surface area contributed by atoms with Gasteiger partial charge in [-0.15, -0.1) is 0 Å². The number of amides is 1. The van der Waals surface area contributed by atoms with Crippen LogP contribution in [0.2, 0.25) is 20.1 Å². The van der Waals surface area contributed by atoms with Crippen LogP contribution >= 0.6 is 46.4 Å². The van der Waals surface area contributed by atoms with E-state index in [2.05, 4.69) is 15.1 Å². The summed E-state index contributed by atoms with van der Waals surface area (Å²) in [5, 5.41) is 4.90. The van der Waals surface area contributed by atoms with Crippen molar-refractivity contribution in [2.75, 3.05) is 42.9 Å². The van der Waals surface area contributed by atoms with E-state index in [1.165, 1.54) is 0 Å². The molecule has 1 N–H and O–H groups in total. The van der Waals surface area contributed by atoms with E-state index in [-0.39, 0.29) is 5.91 Å². The fourth-order valence-corrected chi connectivity index (χ4v) is 3.46. The number of nitrogens with one attached hydrogen (secondary N) is 1. The van der Waals surface area contributed by atoms with Gasteiger partial charge in [0.2, 0.25) is 5.91 Å². The Hall–Kier alpha value is -1.17. The van der Waals surface area contributed by atoms with Crippen LogP contribution in [0.15, 0.2) is 36.4 Å². The van der Waals surface area contributed by atoms with Crippen LogP contribution in [0.4, 0.5) is 11.4 Å². The molecule has 0 saturated carbocycles. The molecule has 0 atom stereocenters. The van der Waals surface area contributed by atoms with E-state index in [1.807, 2.05) is 12.1 Å². The predicted molar refractivity (Wildman–Crippen MR) is 110 cm³/mol. The Balaban J connectivity index is 1.52. The first-order valence-electron chi connectivity index (χ1n) is 8.09. The molecule has 0 unspecified atom stereocenters. The molecule has 0 bridgehead atoms. The van der Waals surface area contributed by atoms with Crippen LogP contribution in [0.3, 0.4) is 0 Å². The molecule has 3 rings (SSSR count). The van der Waals surface area contributed by atoms with E-state index >= 15 is 0 Å². The molecular formula is C18H17Cl4N3O. The third kappa shape index (κ3) is 4.96. The molecule has 0 spiro atoms. The van der Waals surface area contributed by atoms with E-state index < -0.39 is 0 Å². The van der Waals surface area contributed by atoms with Gasteiger partial charge in [0, 0.05) is 36.9 Å². The SMILES string of the molecule is O=C(CN1CCN(c2ccc(Cl)c(Cl)c2)CC1)Nc1cc(Cl)ccc1Cl. The van der Waals surface area contributed by atoms with Crippen LogP contribution in [-0.4, -0.2) is 43.5 Å². The lowest BCUT2D eigenvalue weighted by molar-refractivity contribution is -0.117. The number of benzene rings is 2. The average Bonchev–Trinajstić information content (AvgIpc) is 2.61. The van der Waals surface area contributed by atoms with Crippen molar-refractivity contribution in [1.29, 1.82) is 0 Å². The molecule has 1 fully saturated rings. The second-order valence-corrected chi connectivity index (χ2v) is 7.69. The van der Waals surface area contributed by atoms with E-state index in [0.717, 1.165) is 31.9 Å². The molecule has 1 aliphatic heterocycles. The number of rotatable bonds is 4. The lowest BCUT2D eigenvalue weighted by Gasteiger charge is -2.35. The van der Waals surface area contributed by atoms with Gasteiger partial charge in [-0.1, -0.05) is 46.4 Å². The number of hydrogen-bond acceptors (Lipinski definition) is 3. The van der Waals surface area contributed by atoms with Crippen LogP contribution in [0, 0.1) is 0 Å². The van der Waals surface area contributed by atoms with E-state index in [9.17, 15) is 4.79 Å². The zero-order valence-corrected chi connectivity index (χ0v) is 16.8. The lowest BCUT2D eigenvalue weighted by Crippen LogP contribution is -2.48. The molecule has 2 aromatic carbocycles. The lowest BCUT2D eigenvalue weighted by atomic mass is 10.2. The Kier molecular flexibility index (Phi) is 6.54. The Morgan fingerprint density at radius 3 is 2.27 bits per heavy atom. The molecule has 1 amide bonds. The van der Waals surface area contributed by atoms with Crippen molar-refractivity contribution >= 4 is 63.7 Å². The van der Waals surface area contributed by atoms with Crippen molar-refractivity contribution in [3.05, 3.63) is 56.5 Å². The van der Waals surface area contributed by atoms with Gasteiger partial charge in [0.05, 0.1) is 27.3 Å². The fourth-order valence-electron chi connectivity index (χ4n) is 2.83. The standard InChI is InChI=1S/C18H17Cl4N3O/c19-12-1-3-15(21)17(9-12)23-18(26)11-24-5-7-25(8-6-24)13-2-4-14(20)16(22)10-13/h1-4,9-10H,5-8,11H2,(H,23,26). The molecule has 138 valence electrons. The molecular weight excluding hydrogens is 416 g/mol. The minimum atomic E-state index is -0.114. The molecule has 4 nitrogen and oxygen atoms in total. The number of piperazine rings is 1. The molecule has 8 heteroatoms. The number of carbonyl (C=O) groups excluding carboxylic acids is 1. The number of halogens is 4. The number of anilines is 2. The van der Waals surface area contributed by atoms with Gasteiger partial charge < -0.3 is 10.2 Å². The van der Waals surface area contributed by atoms with E-state index in [1.54, 1.807) is 24.3 Å². The molecule has 1 aliphatic rings. The molecule has 2 aromatic rings. The third-order valence-electron chi connectivity index (χ3n) is 4.21. The van der Waals surface area contributed by atoms with E-state index in [0.29, 0.717) is 32.3 Å². The summed E-state index contributed by atoms with van der Waals surface area (Å²) in [4.78, 5) is 16.6. The van der Waals surface area contributed by atoms with Crippen molar-refractivity contribution in [2.45, 2.75) is 0 Å². The number of carbonyl (C=O) groups is 1. The maximum atomic E-state index is 12.3. The van der Waals surface area contributed by atoms with Gasteiger partial charge in [-0.2, -0.15) is 0 Å². The van der Waals surface area contributed by atoms with Gasteiger partial charge in [0.15, 0.2) is 0 Å². The summed E-state index contributed by atoms with van der Waals surface area (Å²) in [5.74, 6) is -0.114. The highest BCUT2D eigenvalue weighted by Crippen LogP contribution is 2.28. The summed E-state index contributed by atoms with van der Waals surface area (Å²) in [7, 11) is 0. The molecule has 26 heavy (non-hydrogen) atoms. The van der Waals surface area contributed by atoms with Crippen LogP contribution in [0.5, 0.6) is 0 Å². The Bertz CT molecular complexity index is 807. The Morgan fingerprint density at radius 1 is 0.885 bits per heavy atom. The van der Waals surface area contributed by atoms with Crippen molar-refractivity contribution in [3.63, 3.8) is 0 Å². The van der Waals surface area contributed by atoms with Gasteiger partial charge in [0.1, 0.15) is 0 Å². The van der Waals surface area contributed by atoms with Gasteiger partial charge in [-0.05, 0) is 36.4 Å². The minimum Gasteiger partial charge on any atom is -0.369 e. The second-order valence-electron chi connectivity index (χ2n) is 6.03. The monoisotopic (exact) mass is 431 g/mol. The summed E-state index contributed by atoms with van der Waals surface area (Å²) in [5.41, 5.74) is 1.56. The van der Waals surface area contributed by atoms with Gasteiger partial charge in [-0.3, -0.25) is 9.69 Å². The fraction of sp³-hybridized carbons (Fsp3) is 0.278. The second kappa shape index (κ2) is 8.68. The number of hydrogen-bond donors (Lipinski definition) is 1. The van der Waals surface area contributed by atoms with Crippen LogP contribution in [-0.2, 0) is 4.79 Å². The largest absolute Gasteiger partial charge is 0.369 e. The van der Waals surface area contributed by atoms with Crippen LogP contribution < -0.4 is 10.2 Å². The average molecular weight is 433 g/mol. The smallest absolute Gasteiger partial charge is 0.238 e. The quantitative estimate of drug-likeness (QED) is 0.733. The summed E-state index contributed by atoms with van der Waals surface area (Å²) in [6.07, 6.45) is 0. The summed E-state index contributed by atoms with van der Waals surface area (Å²) < 4.78 is 0. The predicted octanol–water partition coefficient (Wildman–Crippen LogP) is 5.06. The summed E-state index contributed by atoms with van der Waals surface area (Å²) in [6.45, 7) is 3.47.